The molecule has 0 atom stereocenters. The van der Waals surface area contributed by atoms with Gasteiger partial charge in [-0.3, -0.25) is 4.99 Å². The van der Waals surface area contributed by atoms with Crippen LogP contribution in [0.5, 0.6) is 0 Å². The zero-order chi connectivity index (χ0) is 13.6. The van der Waals surface area contributed by atoms with Crippen LogP contribution >= 0.6 is 11.8 Å². The number of rotatable bonds is 3. The number of nitrogens with zero attached hydrogens (tertiary/aromatic N) is 1. The molecular formula is C17H18N2S. The van der Waals surface area contributed by atoms with Crippen LogP contribution in [-0.4, -0.2) is 18.3 Å². The summed E-state index contributed by atoms with van der Waals surface area (Å²) in [5, 5.41) is 4.43. The fourth-order valence-electron chi connectivity index (χ4n) is 2.18. The highest BCUT2D eigenvalue weighted by molar-refractivity contribution is 8.13. The Labute approximate surface area is 124 Å². The van der Waals surface area contributed by atoms with Crippen LogP contribution in [0.3, 0.4) is 0 Å². The first kappa shape index (κ1) is 13.3. The average molecular weight is 282 g/mol. The van der Waals surface area contributed by atoms with Crippen molar-refractivity contribution in [3.63, 3.8) is 0 Å². The number of amidine groups is 1. The van der Waals surface area contributed by atoms with E-state index in [2.05, 4.69) is 58.8 Å². The number of hydrogen-bond acceptors (Lipinski definition) is 3. The van der Waals surface area contributed by atoms with Crippen LogP contribution in [0.1, 0.15) is 12.0 Å². The van der Waals surface area contributed by atoms with E-state index in [9.17, 15) is 0 Å². The standard InChI is InChI=1S/C17H18N2S/c1-2-5-15(6-3-1)16-9-7-14(8-10-16)13-20-17-18-11-4-12-19-17/h1-3,5-10H,4,11-13H2,(H,18,19). The second-order valence-electron chi connectivity index (χ2n) is 4.82. The lowest BCUT2D eigenvalue weighted by Gasteiger charge is -2.13. The van der Waals surface area contributed by atoms with Crippen LogP contribution in [0.15, 0.2) is 59.6 Å². The third kappa shape index (κ3) is 3.42. The number of aliphatic imine (C=N–C) groups is 1. The third-order valence-electron chi connectivity index (χ3n) is 3.30. The molecule has 3 heteroatoms. The lowest BCUT2D eigenvalue weighted by atomic mass is 10.0. The third-order valence-corrected chi connectivity index (χ3v) is 4.33. The highest BCUT2D eigenvalue weighted by atomic mass is 32.2. The molecule has 2 nitrogen and oxygen atoms in total. The van der Waals surface area contributed by atoms with Crippen molar-refractivity contribution < 1.29 is 0 Å². The summed E-state index contributed by atoms with van der Waals surface area (Å²) in [6.07, 6.45) is 1.15. The van der Waals surface area contributed by atoms with Gasteiger partial charge in [-0.2, -0.15) is 0 Å². The van der Waals surface area contributed by atoms with Crippen molar-refractivity contribution in [1.29, 1.82) is 0 Å². The Balaban J connectivity index is 1.63. The van der Waals surface area contributed by atoms with Gasteiger partial charge in [0.2, 0.25) is 0 Å². The number of benzene rings is 2. The average Bonchev–Trinajstić information content (AvgIpc) is 2.55. The molecule has 1 aliphatic heterocycles. The van der Waals surface area contributed by atoms with Crippen LogP contribution in [0.4, 0.5) is 0 Å². The molecule has 0 fully saturated rings. The molecule has 102 valence electrons. The normalized spacial score (nSPS) is 14.5. The largest absolute Gasteiger partial charge is 0.365 e. The molecule has 3 rings (SSSR count). The zero-order valence-corrected chi connectivity index (χ0v) is 12.2. The Morgan fingerprint density at radius 3 is 2.40 bits per heavy atom. The molecule has 0 bridgehead atoms. The number of nitrogens with one attached hydrogen (secondary N) is 1. The van der Waals surface area contributed by atoms with Gasteiger partial charge in [0.25, 0.3) is 0 Å². The van der Waals surface area contributed by atoms with E-state index in [-0.39, 0.29) is 0 Å². The highest BCUT2D eigenvalue weighted by Gasteiger charge is 2.05. The van der Waals surface area contributed by atoms with Crippen molar-refractivity contribution in [3.05, 3.63) is 60.2 Å². The van der Waals surface area contributed by atoms with E-state index >= 15 is 0 Å². The van der Waals surface area contributed by atoms with E-state index in [1.54, 1.807) is 11.8 Å². The molecule has 0 aromatic heterocycles. The van der Waals surface area contributed by atoms with E-state index in [0.717, 1.165) is 30.4 Å². The fraction of sp³-hybridized carbons (Fsp3) is 0.235. The minimum atomic E-state index is 0.961. The Morgan fingerprint density at radius 1 is 0.950 bits per heavy atom. The maximum Gasteiger partial charge on any atom is 0.156 e. The van der Waals surface area contributed by atoms with Crippen molar-refractivity contribution in [1.82, 2.24) is 5.32 Å². The van der Waals surface area contributed by atoms with E-state index in [4.69, 9.17) is 0 Å². The van der Waals surface area contributed by atoms with Crippen LogP contribution in [0.2, 0.25) is 0 Å². The zero-order valence-electron chi connectivity index (χ0n) is 11.4. The van der Waals surface area contributed by atoms with Gasteiger partial charge in [-0.05, 0) is 23.1 Å². The van der Waals surface area contributed by atoms with Gasteiger partial charge in [0, 0.05) is 18.8 Å². The summed E-state index contributed by atoms with van der Waals surface area (Å²) in [7, 11) is 0. The summed E-state index contributed by atoms with van der Waals surface area (Å²) in [6, 6.07) is 19.3. The van der Waals surface area contributed by atoms with Crippen molar-refractivity contribution in [2.75, 3.05) is 13.1 Å². The fourth-order valence-corrected chi connectivity index (χ4v) is 3.07. The molecule has 0 spiro atoms. The first-order valence-corrected chi connectivity index (χ1v) is 7.96. The SMILES string of the molecule is c1ccc(-c2ccc(CSC3=NCCCN3)cc2)cc1. The summed E-state index contributed by atoms with van der Waals surface area (Å²) in [6.45, 7) is 2.01. The van der Waals surface area contributed by atoms with Crippen LogP contribution < -0.4 is 5.32 Å². The topological polar surface area (TPSA) is 24.4 Å². The van der Waals surface area contributed by atoms with Gasteiger partial charge in [0.1, 0.15) is 0 Å². The molecule has 0 amide bonds. The Morgan fingerprint density at radius 2 is 1.70 bits per heavy atom. The van der Waals surface area contributed by atoms with Crippen LogP contribution in [0.25, 0.3) is 11.1 Å². The molecule has 0 saturated heterocycles. The first-order chi connectivity index (χ1) is 9.92. The number of thioether (sulfide) groups is 1. The Hall–Kier alpha value is -1.74. The predicted octanol–water partition coefficient (Wildman–Crippen LogP) is 3.94. The molecule has 2 aromatic carbocycles. The predicted molar refractivity (Wildman–Crippen MR) is 88.1 cm³/mol. The smallest absolute Gasteiger partial charge is 0.156 e. The van der Waals surface area contributed by atoms with E-state index in [0.29, 0.717) is 0 Å². The monoisotopic (exact) mass is 282 g/mol. The second kappa shape index (κ2) is 6.62. The van der Waals surface area contributed by atoms with Crippen molar-refractivity contribution >= 4 is 16.9 Å². The molecule has 0 aliphatic carbocycles. The summed E-state index contributed by atoms with van der Waals surface area (Å²) < 4.78 is 0. The van der Waals surface area contributed by atoms with Gasteiger partial charge < -0.3 is 5.32 Å². The molecule has 0 radical (unpaired) electrons. The maximum absolute atomic E-state index is 4.48. The summed E-state index contributed by atoms with van der Waals surface area (Å²) >= 11 is 1.79. The lowest BCUT2D eigenvalue weighted by molar-refractivity contribution is 0.751. The summed E-state index contributed by atoms with van der Waals surface area (Å²) in [4.78, 5) is 4.48. The van der Waals surface area contributed by atoms with Crippen LogP contribution in [-0.2, 0) is 5.75 Å². The molecule has 2 aromatic rings. The van der Waals surface area contributed by atoms with Crippen molar-refractivity contribution in [3.8, 4) is 11.1 Å². The van der Waals surface area contributed by atoms with Gasteiger partial charge in [0.05, 0.1) is 0 Å². The minimum absolute atomic E-state index is 0.961. The molecule has 1 heterocycles. The van der Waals surface area contributed by atoms with Gasteiger partial charge in [-0.1, -0.05) is 66.4 Å². The summed E-state index contributed by atoms with van der Waals surface area (Å²) in [5.41, 5.74) is 3.88. The van der Waals surface area contributed by atoms with Gasteiger partial charge in [-0.15, -0.1) is 0 Å². The van der Waals surface area contributed by atoms with Crippen molar-refractivity contribution in [2.45, 2.75) is 12.2 Å². The van der Waals surface area contributed by atoms with E-state index < -0.39 is 0 Å². The molecule has 1 aliphatic rings. The molecule has 0 saturated carbocycles. The minimum Gasteiger partial charge on any atom is -0.365 e. The Bertz CT molecular complexity index is 576. The molecule has 0 unspecified atom stereocenters. The molecule has 1 N–H and O–H groups in total. The van der Waals surface area contributed by atoms with Crippen molar-refractivity contribution in [2.24, 2.45) is 4.99 Å². The van der Waals surface area contributed by atoms with Gasteiger partial charge in [0.15, 0.2) is 5.17 Å². The van der Waals surface area contributed by atoms with Crippen LogP contribution in [0, 0.1) is 0 Å². The van der Waals surface area contributed by atoms with Gasteiger partial charge in [-0.25, -0.2) is 0 Å². The van der Waals surface area contributed by atoms with E-state index in [1.807, 2.05) is 6.07 Å². The first-order valence-electron chi connectivity index (χ1n) is 6.97. The second-order valence-corrected chi connectivity index (χ2v) is 5.78. The number of hydrogen-bond donors (Lipinski definition) is 1. The summed E-state index contributed by atoms with van der Waals surface area (Å²) in [5.74, 6) is 0.973. The quantitative estimate of drug-likeness (QED) is 0.922. The Kier molecular flexibility index (Phi) is 4.38. The maximum atomic E-state index is 4.48. The molecular weight excluding hydrogens is 264 g/mol. The van der Waals surface area contributed by atoms with E-state index in [1.165, 1.54) is 16.7 Å². The lowest BCUT2D eigenvalue weighted by Crippen LogP contribution is -2.26. The molecule has 20 heavy (non-hydrogen) atoms. The highest BCUT2D eigenvalue weighted by Crippen LogP contribution is 2.21. The van der Waals surface area contributed by atoms with Gasteiger partial charge >= 0.3 is 0 Å².